The Balaban J connectivity index is 2.02. The van der Waals surface area contributed by atoms with Crippen molar-refractivity contribution in [2.24, 2.45) is 5.92 Å². The number of aromatic nitrogens is 3. The summed E-state index contributed by atoms with van der Waals surface area (Å²) in [5, 5.41) is 18.8. The van der Waals surface area contributed by atoms with Crippen LogP contribution in [0.3, 0.4) is 0 Å². The van der Waals surface area contributed by atoms with Crippen molar-refractivity contribution in [3.63, 3.8) is 0 Å². The molecular weight excluding hydrogens is 404 g/mol. The first-order valence-corrected chi connectivity index (χ1v) is 9.85. The molecule has 0 N–H and O–H groups in total. The molecule has 1 aromatic heterocycles. The first-order valence-electron chi connectivity index (χ1n) is 9.47. The van der Waals surface area contributed by atoms with E-state index < -0.39 is 18.1 Å². The number of aryl methyl sites for hydroxylation is 1. The second-order valence-electron chi connectivity index (χ2n) is 7.08. The van der Waals surface area contributed by atoms with Crippen molar-refractivity contribution in [1.82, 2.24) is 14.8 Å². The summed E-state index contributed by atoms with van der Waals surface area (Å²) in [5.74, 6) is 1.97. The second kappa shape index (κ2) is 7.98. The average Bonchev–Trinajstić information content (AvgIpc) is 3.07. The van der Waals surface area contributed by atoms with E-state index in [1.54, 1.807) is 14.2 Å². The third-order valence-electron chi connectivity index (χ3n) is 5.27. The van der Waals surface area contributed by atoms with E-state index in [1.165, 1.54) is 0 Å². The number of hydrogen-bond acceptors (Lipinski definition) is 6. The van der Waals surface area contributed by atoms with Gasteiger partial charge in [-0.3, -0.25) is 4.57 Å². The minimum absolute atomic E-state index is 0.462. The third-order valence-corrected chi connectivity index (χ3v) is 5.51. The number of nitriles is 1. The van der Waals surface area contributed by atoms with E-state index in [4.69, 9.17) is 25.8 Å². The fourth-order valence-electron chi connectivity index (χ4n) is 3.85. The van der Waals surface area contributed by atoms with Gasteiger partial charge in [0.25, 0.3) is 0 Å². The molecule has 154 valence electrons. The first kappa shape index (κ1) is 20.2. The Labute approximate surface area is 179 Å². The van der Waals surface area contributed by atoms with Gasteiger partial charge in [-0.1, -0.05) is 23.7 Å². The quantitative estimate of drug-likeness (QED) is 0.610. The van der Waals surface area contributed by atoms with Crippen LogP contribution < -0.4 is 9.47 Å². The zero-order chi connectivity index (χ0) is 21.4. The van der Waals surface area contributed by atoms with E-state index in [0.717, 1.165) is 16.8 Å². The highest BCUT2D eigenvalue weighted by molar-refractivity contribution is 6.30. The number of para-hydroxylation sites is 1. The highest BCUT2D eigenvalue weighted by Crippen LogP contribution is 2.46. The third kappa shape index (κ3) is 3.18. The summed E-state index contributed by atoms with van der Waals surface area (Å²) in [5.41, 5.74) is 2.44. The van der Waals surface area contributed by atoms with E-state index >= 15 is 0 Å². The summed E-state index contributed by atoms with van der Waals surface area (Å²) in [6.45, 7) is 3.68. The monoisotopic (exact) mass is 424 g/mol. The van der Waals surface area contributed by atoms with Gasteiger partial charge in [-0.25, -0.2) is 0 Å². The summed E-state index contributed by atoms with van der Waals surface area (Å²) in [6, 6.07) is 13.5. The molecule has 1 aliphatic rings. The Morgan fingerprint density at radius 3 is 2.67 bits per heavy atom. The Morgan fingerprint density at radius 2 is 1.97 bits per heavy atom. The fraction of sp³-hybridized carbons (Fsp3) is 0.318. The molecule has 3 atom stereocenters. The Kier molecular flexibility index (Phi) is 5.37. The number of benzene rings is 2. The summed E-state index contributed by atoms with van der Waals surface area (Å²) in [7, 11) is 3.18. The summed E-state index contributed by atoms with van der Waals surface area (Å²) < 4.78 is 19.7. The molecule has 0 radical (unpaired) electrons. The molecule has 0 bridgehead atoms. The molecule has 1 unspecified atom stereocenters. The average molecular weight is 425 g/mol. The number of nitrogens with zero attached hydrogens (tertiary/aromatic N) is 4. The van der Waals surface area contributed by atoms with Crippen LogP contribution in [0.1, 0.15) is 41.9 Å². The van der Waals surface area contributed by atoms with Gasteiger partial charge in [0, 0.05) is 16.1 Å². The molecule has 0 saturated carbocycles. The molecule has 8 heteroatoms. The van der Waals surface area contributed by atoms with Crippen molar-refractivity contribution in [3.05, 3.63) is 64.2 Å². The SMILES string of the molecule is COc1cccc([C@H]2O[C@H](C(C)C#N)c3nnc(C)n3-c3ccc(Cl)cc32)c1OC. The maximum Gasteiger partial charge on any atom is 0.168 e. The lowest BCUT2D eigenvalue weighted by Gasteiger charge is -2.25. The van der Waals surface area contributed by atoms with E-state index in [-0.39, 0.29) is 0 Å². The number of methoxy groups -OCH3 is 2. The van der Waals surface area contributed by atoms with Gasteiger partial charge in [-0.05, 0) is 38.1 Å². The maximum absolute atomic E-state index is 9.66. The largest absolute Gasteiger partial charge is 0.493 e. The van der Waals surface area contributed by atoms with Gasteiger partial charge in [0.15, 0.2) is 17.3 Å². The Bertz CT molecular complexity index is 1140. The molecule has 0 aliphatic carbocycles. The van der Waals surface area contributed by atoms with Crippen molar-refractivity contribution < 1.29 is 14.2 Å². The number of hydrogen-bond donors (Lipinski definition) is 0. The summed E-state index contributed by atoms with van der Waals surface area (Å²) >= 11 is 6.38. The van der Waals surface area contributed by atoms with Crippen LogP contribution in [0.2, 0.25) is 5.02 Å². The van der Waals surface area contributed by atoms with Crippen molar-refractivity contribution in [3.8, 4) is 23.3 Å². The molecule has 0 saturated heterocycles. The molecule has 4 rings (SSSR count). The van der Waals surface area contributed by atoms with Crippen molar-refractivity contribution in [1.29, 1.82) is 5.26 Å². The van der Waals surface area contributed by atoms with Crippen LogP contribution in [0.25, 0.3) is 5.69 Å². The smallest absolute Gasteiger partial charge is 0.168 e. The predicted molar refractivity (Wildman–Crippen MR) is 111 cm³/mol. The molecule has 0 fully saturated rings. The van der Waals surface area contributed by atoms with Crippen molar-refractivity contribution >= 4 is 11.6 Å². The zero-order valence-electron chi connectivity index (χ0n) is 17.1. The van der Waals surface area contributed by atoms with Crippen LogP contribution >= 0.6 is 11.6 Å². The summed E-state index contributed by atoms with van der Waals surface area (Å²) in [6.07, 6.45) is -1.17. The molecule has 0 amide bonds. The van der Waals surface area contributed by atoms with Crippen LogP contribution in [0.15, 0.2) is 36.4 Å². The molecule has 30 heavy (non-hydrogen) atoms. The molecule has 1 aliphatic heterocycles. The van der Waals surface area contributed by atoms with Crippen molar-refractivity contribution in [2.75, 3.05) is 14.2 Å². The normalized spacial score (nSPS) is 18.5. The number of fused-ring (bicyclic) bond motifs is 3. The second-order valence-corrected chi connectivity index (χ2v) is 7.52. The number of ether oxygens (including phenoxy) is 3. The van der Waals surface area contributed by atoms with E-state index in [1.807, 2.05) is 54.8 Å². The lowest BCUT2D eigenvalue weighted by Crippen LogP contribution is -2.18. The predicted octanol–water partition coefficient (Wildman–Crippen LogP) is 4.57. The van der Waals surface area contributed by atoms with Crippen molar-refractivity contribution in [2.45, 2.75) is 26.1 Å². The molecule has 7 nitrogen and oxygen atoms in total. The van der Waals surface area contributed by atoms with Gasteiger partial charge in [0.2, 0.25) is 0 Å². The highest BCUT2D eigenvalue weighted by atomic mass is 35.5. The van der Waals surface area contributed by atoms with E-state index in [2.05, 4.69) is 16.3 Å². The van der Waals surface area contributed by atoms with Crippen LogP contribution in [0.4, 0.5) is 0 Å². The lowest BCUT2D eigenvalue weighted by atomic mass is 9.98. The maximum atomic E-state index is 9.66. The molecular formula is C22H21ClN4O3. The molecule has 0 spiro atoms. The van der Waals surface area contributed by atoms with Gasteiger partial charge in [0.05, 0.1) is 31.9 Å². The van der Waals surface area contributed by atoms with Gasteiger partial charge in [-0.15, -0.1) is 10.2 Å². The molecule has 2 aromatic carbocycles. The lowest BCUT2D eigenvalue weighted by molar-refractivity contribution is -0.0154. The van der Waals surface area contributed by atoms with Gasteiger partial charge in [0.1, 0.15) is 18.0 Å². The van der Waals surface area contributed by atoms with Gasteiger partial charge < -0.3 is 14.2 Å². The van der Waals surface area contributed by atoms with E-state index in [9.17, 15) is 5.26 Å². The Morgan fingerprint density at radius 1 is 1.17 bits per heavy atom. The number of rotatable bonds is 4. The number of halogens is 1. The fourth-order valence-corrected chi connectivity index (χ4v) is 4.03. The van der Waals surface area contributed by atoms with Crippen LogP contribution in [0, 0.1) is 24.2 Å². The topological polar surface area (TPSA) is 82.2 Å². The highest BCUT2D eigenvalue weighted by Gasteiger charge is 2.37. The Hall–Kier alpha value is -3.08. The van der Waals surface area contributed by atoms with Crippen LogP contribution in [-0.2, 0) is 4.74 Å². The minimum atomic E-state index is -0.608. The standard InChI is InChI=1S/C22H21ClN4O3/c1-12(11-24)19-22-26-25-13(2)27(22)17-9-8-14(23)10-16(17)20(30-19)15-6-5-7-18(28-3)21(15)29-4/h5-10,12,19-20H,1-4H3/t12?,19-,20-/m1/s1. The zero-order valence-corrected chi connectivity index (χ0v) is 17.8. The van der Waals surface area contributed by atoms with E-state index in [0.29, 0.717) is 28.2 Å². The minimum Gasteiger partial charge on any atom is -0.493 e. The molecule has 3 aromatic rings. The molecule has 2 heterocycles. The summed E-state index contributed by atoms with van der Waals surface area (Å²) in [4.78, 5) is 0. The van der Waals surface area contributed by atoms with Crippen LogP contribution in [0.5, 0.6) is 11.5 Å². The van der Waals surface area contributed by atoms with Crippen LogP contribution in [-0.4, -0.2) is 29.0 Å². The van der Waals surface area contributed by atoms with Gasteiger partial charge in [-0.2, -0.15) is 5.26 Å². The first-order chi connectivity index (χ1) is 14.5. The van der Waals surface area contributed by atoms with Gasteiger partial charge >= 0.3 is 0 Å².